The Morgan fingerprint density at radius 1 is 1.22 bits per heavy atom. The predicted octanol–water partition coefficient (Wildman–Crippen LogP) is 3.85. The highest BCUT2D eigenvalue weighted by molar-refractivity contribution is 5.35. The second kappa shape index (κ2) is 4.61. The summed E-state index contributed by atoms with van der Waals surface area (Å²) in [5.41, 5.74) is 0.911. The summed E-state index contributed by atoms with van der Waals surface area (Å²) < 4.78 is 27.8. The largest absolute Gasteiger partial charge is 0.395 e. The van der Waals surface area contributed by atoms with Gasteiger partial charge in [-0.3, -0.25) is 0 Å². The van der Waals surface area contributed by atoms with E-state index in [0.29, 0.717) is 0 Å². The number of rotatable bonds is 5. The summed E-state index contributed by atoms with van der Waals surface area (Å²) >= 11 is 0. The zero-order valence-electron chi connectivity index (χ0n) is 10.9. The molecular weight excluding hydrogens is 234 g/mol. The molecule has 1 N–H and O–H groups in total. The molecule has 18 heavy (non-hydrogen) atoms. The summed E-state index contributed by atoms with van der Waals surface area (Å²) in [5, 5.41) is 9.31. The van der Waals surface area contributed by atoms with Crippen LogP contribution in [0, 0.1) is 5.92 Å². The second-order valence-electron chi connectivity index (χ2n) is 5.82. The molecule has 100 valence electrons. The molecular formula is C15H20F2O. The van der Waals surface area contributed by atoms with Crippen LogP contribution in [0.15, 0.2) is 24.3 Å². The lowest BCUT2D eigenvalue weighted by Crippen LogP contribution is -2.17. The molecule has 1 aliphatic rings. The fourth-order valence-corrected chi connectivity index (χ4v) is 2.39. The second-order valence-corrected chi connectivity index (χ2v) is 5.82. The highest BCUT2D eigenvalue weighted by Crippen LogP contribution is 2.48. The topological polar surface area (TPSA) is 20.2 Å². The van der Waals surface area contributed by atoms with Crippen molar-refractivity contribution in [3.8, 4) is 0 Å². The molecule has 0 spiro atoms. The SMILES string of the molecule is CC(C)CC(F)(F)c1ccc(C2(CO)CC2)cc1. The lowest BCUT2D eigenvalue weighted by molar-refractivity contribution is -0.0249. The van der Waals surface area contributed by atoms with E-state index in [4.69, 9.17) is 0 Å². The molecule has 0 aliphatic heterocycles. The minimum absolute atomic E-state index is 0.0353. The van der Waals surface area contributed by atoms with Crippen molar-refractivity contribution in [1.82, 2.24) is 0 Å². The molecule has 1 aliphatic carbocycles. The molecule has 0 atom stereocenters. The monoisotopic (exact) mass is 254 g/mol. The molecule has 0 radical (unpaired) electrons. The molecule has 2 rings (SSSR count). The standard InChI is InChI=1S/C15H20F2O/c1-11(2)9-15(16,17)13-5-3-12(4-6-13)14(10-18)7-8-14/h3-6,11,18H,7-10H2,1-2H3. The van der Waals surface area contributed by atoms with E-state index in [1.807, 2.05) is 0 Å². The van der Waals surface area contributed by atoms with Gasteiger partial charge in [-0.2, -0.15) is 0 Å². The summed E-state index contributed by atoms with van der Waals surface area (Å²) in [7, 11) is 0. The van der Waals surface area contributed by atoms with Crippen molar-refractivity contribution in [2.24, 2.45) is 5.92 Å². The average Bonchev–Trinajstić information content (AvgIpc) is 3.08. The number of alkyl halides is 2. The van der Waals surface area contributed by atoms with Gasteiger partial charge in [-0.25, -0.2) is 8.78 Å². The Morgan fingerprint density at radius 2 is 1.78 bits per heavy atom. The van der Waals surface area contributed by atoms with Gasteiger partial charge in [0.25, 0.3) is 5.92 Å². The van der Waals surface area contributed by atoms with Crippen LogP contribution in [0.2, 0.25) is 0 Å². The Balaban J connectivity index is 2.17. The van der Waals surface area contributed by atoms with Crippen LogP contribution in [0.25, 0.3) is 0 Å². The first-order chi connectivity index (χ1) is 8.39. The number of benzene rings is 1. The number of hydrogen-bond donors (Lipinski definition) is 1. The van der Waals surface area contributed by atoms with E-state index in [9.17, 15) is 13.9 Å². The maximum Gasteiger partial charge on any atom is 0.273 e. The van der Waals surface area contributed by atoms with E-state index in [0.717, 1.165) is 18.4 Å². The van der Waals surface area contributed by atoms with Crippen LogP contribution in [0.5, 0.6) is 0 Å². The van der Waals surface area contributed by atoms with Gasteiger partial charge in [0.15, 0.2) is 0 Å². The average molecular weight is 254 g/mol. The highest BCUT2D eigenvalue weighted by atomic mass is 19.3. The first-order valence-electron chi connectivity index (χ1n) is 6.49. The summed E-state index contributed by atoms with van der Waals surface area (Å²) in [5.74, 6) is -2.80. The molecule has 0 amide bonds. The summed E-state index contributed by atoms with van der Waals surface area (Å²) in [4.78, 5) is 0. The third-order valence-electron chi connectivity index (χ3n) is 3.74. The van der Waals surface area contributed by atoms with Crippen LogP contribution in [0.4, 0.5) is 8.78 Å². The third-order valence-corrected chi connectivity index (χ3v) is 3.74. The smallest absolute Gasteiger partial charge is 0.273 e. The van der Waals surface area contributed by atoms with Crippen molar-refractivity contribution >= 4 is 0 Å². The van der Waals surface area contributed by atoms with Crippen LogP contribution in [-0.4, -0.2) is 11.7 Å². The van der Waals surface area contributed by atoms with Gasteiger partial charge in [0.1, 0.15) is 0 Å². The molecule has 1 nitrogen and oxygen atoms in total. The van der Waals surface area contributed by atoms with Crippen molar-refractivity contribution in [1.29, 1.82) is 0 Å². The molecule has 0 saturated heterocycles. The fraction of sp³-hybridized carbons (Fsp3) is 0.600. The van der Waals surface area contributed by atoms with Crippen LogP contribution in [-0.2, 0) is 11.3 Å². The molecule has 1 saturated carbocycles. The van der Waals surface area contributed by atoms with Crippen molar-refractivity contribution < 1.29 is 13.9 Å². The molecule has 1 aromatic carbocycles. The minimum atomic E-state index is -2.76. The highest BCUT2D eigenvalue weighted by Gasteiger charge is 2.44. The van der Waals surface area contributed by atoms with E-state index in [1.165, 1.54) is 12.1 Å². The summed E-state index contributed by atoms with van der Waals surface area (Å²) in [6.07, 6.45) is 1.77. The molecule has 0 bridgehead atoms. The Kier molecular flexibility index (Phi) is 3.45. The Bertz CT molecular complexity index is 405. The predicted molar refractivity (Wildman–Crippen MR) is 67.8 cm³/mol. The van der Waals surface area contributed by atoms with Gasteiger partial charge in [-0.15, -0.1) is 0 Å². The lowest BCUT2D eigenvalue weighted by Gasteiger charge is -2.20. The quantitative estimate of drug-likeness (QED) is 0.846. The third kappa shape index (κ3) is 2.56. The number of halogens is 2. The van der Waals surface area contributed by atoms with Crippen molar-refractivity contribution in [2.75, 3.05) is 6.61 Å². The summed E-state index contributed by atoms with van der Waals surface area (Å²) in [6, 6.07) is 6.50. The van der Waals surface area contributed by atoms with Crippen LogP contribution >= 0.6 is 0 Å². The van der Waals surface area contributed by atoms with Crippen molar-refractivity contribution in [3.63, 3.8) is 0 Å². The van der Waals surface area contributed by atoms with Gasteiger partial charge < -0.3 is 5.11 Å². The zero-order valence-corrected chi connectivity index (χ0v) is 10.9. The first kappa shape index (κ1) is 13.5. The summed E-state index contributed by atoms with van der Waals surface area (Å²) in [6.45, 7) is 3.70. The maximum absolute atomic E-state index is 13.9. The minimum Gasteiger partial charge on any atom is -0.395 e. The van der Waals surface area contributed by atoms with E-state index in [-0.39, 0.29) is 29.9 Å². The van der Waals surface area contributed by atoms with Crippen LogP contribution in [0.1, 0.15) is 44.2 Å². The van der Waals surface area contributed by atoms with E-state index < -0.39 is 5.92 Å². The zero-order chi connectivity index (χ0) is 13.4. The van der Waals surface area contributed by atoms with E-state index >= 15 is 0 Å². The molecule has 0 heterocycles. The fourth-order valence-electron chi connectivity index (χ4n) is 2.39. The maximum atomic E-state index is 13.9. The molecule has 1 aromatic rings. The van der Waals surface area contributed by atoms with Crippen LogP contribution < -0.4 is 0 Å². The van der Waals surface area contributed by atoms with Gasteiger partial charge in [0.2, 0.25) is 0 Å². The Morgan fingerprint density at radius 3 is 2.17 bits per heavy atom. The van der Waals surface area contributed by atoms with Gasteiger partial charge in [-0.05, 0) is 24.3 Å². The van der Waals surface area contributed by atoms with Gasteiger partial charge in [0.05, 0.1) is 6.61 Å². The Labute approximate surface area is 107 Å². The normalized spacial score (nSPS) is 18.1. The molecule has 0 unspecified atom stereocenters. The lowest BCUT2D eigenvalue weighted by atomic mass is 9.93. The number of aliphatic hydroxyl groups excluding tert-OH is 1. The van der Waals surface area contributed by atoms with Crippen LogP contribution in [0.3, 0.4) is 0 Å². The molecule has 1 fully saturated rings. The van der Waals surface area contributed by atoms with Gasteiger partial charge >= 0.3 is 0 Å². The van der Waals surface area contributed by atoms with Gasteiger partial charge in [-0.1, -0.05) is 38.1 Å². The van der Waals surface area contributed by atoms with E-state index in [1.54, 1.807) is 26.0 Å². The van der Waals surface area contributed by atoms with Crippen molar-refractivity contribution in [3.05, 3.63) is 35.4 Å². The molecule has 0 aromatic heterocycles. The van der Waals surface area contributed by atoms with Crippen molar-refractivity contribution in [2.45, 2.75) is 44.4 Å². The Hall–Kier alpha value is -0.960. The number of aliphatic hydroxyl groups is 1. The van der Waals surface area contributed by atoms with Gasteiger partial charge in [0, 0.05) is 17.4 Å². The molecule has 3 heteroatoms. The van der Waals surface area contributed by atoms with E-state index in [2.05, 4.69) is 0 Å². The first-order valence-corrected chi connectivity index (χ1v) is 6.49. The number of hydrogen-bond acceptors (Lipinski definition) is 1.